The molecule has 0 N–H and O–H groups in total. The van der Waals surface area contributed by atoms with Crippen LogP contribution >= 0.6 is 0 Å². The van der Waals surface area contributed by atoms with Crippen LogP contribution in [-0.2, 0) is 18.9 Å². The van der Waals surface area contributed by atoms with E-state index in [0.717, 1.165) is 0 Å². The Morgan fingerprint density at radius 1 is 0.267 bits per heavy atom. The molecule has 0 radical (unpaired) electrons. The molecule has 0 aromatic heterocycles. The minimum atomic E-state index is 0.389. The number of hydrogen-bond acceptors (Lipinski definition) is 4. The standard InChI is InChI=1S/2C10H20.2C3H8O2/c2*1-2-4-6-8-10-9-7-5-3-1;2*1-4-3-5-2/h2*1-10H2;2*3H2,1-2H3. The van der Waals surface area contributed by atoms with E-state index in [1.165, 1.54) is 128 Å². The zero-order chi connectivity index (χ0) is 22.4. The van der Waals surface area contributed by atoms with Crippen molar-refractivity contribution in [1.82, 2.24) is 0 Å². The summed E-state index contributed by atoms with van der Waals surface area (Å²) in [6.45, 7) is 0.778. The molecule has 2 rings (SSSR count). The van der Waals surface area contributed by atoms with E-state index in [2.05, 4.69) is 18.9 Å². The fourth-order valence-electron chi connectivity index (χ4n) is 3.77. The first-order valence-corrected chi connectivity index (χ1v) is 12.8. The summed E-state index contributed by atoms with van der Waals surface area (Å²) >= 11 is 0. The first-order chi connectivity index (χ1) is 14.8. The molecule has 0 spiro atoms. The monoisotopic (exact) mass is 432 g/mol. The SMILES string of the molecule is C1CCCCCCCCC1.C1CCCCCCCCC1.COCOC.COCOC. The third-order valence-electron chi connectivity index (χ3n) is 5.47. The average Bonchev–Trinajstić information content (AvgIpc) is 2.79. The van der Waals surface area contributed by atoms with Gasteiger partial charge in [-0.05, 0) is 0 Å². The molecular formula is C26H56O4. The molecule has 2 fully saturated rings. The van der Waals surface area contributed by atoms with Crippen molar-refractivity contribution in [2.45, 2.75) is 128 Å². The summed E-state index contributed by atoms with van der Waals surface area (Å²) in [5, 5.41) is 0. The summed E-state index contributed by atoms with van der Waals surface area (Å²) in [5.74, 6) is 0. The minimum absolute atomic E-state index is 0.389. The van der Waals surface area contributed by atoms with Gasteiger partial charge in [-0.2, -0.15) is 0 Å². The number of methoxy groups -OCH3 is 4. The number of rotatable bonds is 4. The van der Waals surface area contributed by atoms with E-state index < -0.39 is 0 Å². The van der Waals surface area contributed by atoms with Crippen LogP contribution in [0.4, 0.5) is 0 Å². The fourth-order valence-corrected chi connectivity index (χ4v) is 3.77. The van der Waals surface area contributed by atoms with Crippen LogP contribution in [-0.4, -0.2) is 42.0 Å². The molecule has 30 heavy (non-hydrogen) atoms. The third-order valence-corrected chi connectivity index (χ3v) is 5.47. The molecule has 2 saturated carbocycles. The molecule has 184 valence electrons. The molecule has 0 amide bonds. The van der Waals surface area contributed by atoms with Crippen molar-refractivity contribution < 1.29 is 18.9 Å². The number of hydrogen-bond donors (Lipinski definition) is 0. The van der Waals surface area contributed by atoms with Gasteiger partial charge in [-0.15, -0.1) is 0 Å². The van der Waals surface area contributed by atoms with Gasteiger partial charge >= 0.3 is 0 Å². The van der Waals surface area contributed by atoms with Gasteiger partial charge in [0.2, 0.25) is 0 Å². The first kappa shape index (κ1) is 32.0. The largest absolute Gasteiger partial charge is 0.359 e. The highest BCUT2D eigenvalue weighted by Gasteiger charge is 1.96. The molecule has 0 aromatic carbocycles. The normalized spacial score (nSPS) is 18.8. The van der Waals surface area contributed by atoms with Gasteiger partial charge in [-0.1, -0.05) is 128 Å². The van der Waals surface area contributed by atoms with Crippen LogP contribution in [0.25, 0.3) is 0 Å². The molecule has 4 nitrogen and oxygen atoms in total. The second-order valence-electron chi connectivity index (χ2n) is 8.46. The van der Waals surface area contributed by atoms with Crippen LogP contribution in [0.15, 0.2) is 0 Å². The lowest BCUT2D eigenvalue weighted by molar-refractivity contribution is -0.00282. The van der Waals surface area contributed by atoms with Crippen LogP contribution in [0.1, 0.15) is 128 Å². The lowest BCUT2D eigenvalue weighted by Crippen LogP contribution is -1.87. The quantitative estimate of drug-likeness (QED) is 0.419. The Morgan fingerprint density at radius 3 is 0.400 bits per heavy atom. The predicted molar refractivity (Wildman–Crippen MR) is 130 cm³/mol. The summed E-state index contributed by atoms with van der Waals surface area (Å²) in [6, 6.07) is 0. The second-order valence-corrected chi connectivity index (χ2v) is 8.46. The molecule has 0 atom stereocenters. The predicted octanol–water partition coefficient (Wildman–Crippen LogP) is 8.28. The Morgan fingerprint density at radius 2 is 0.367 bits per heavy atom. The topological polar surface area (TPSA) is 36.9 Å². The Bertz CT molecular complexity index is 165. The number of ether oxygens (including phenoxy) is 4. The van der Waals surface area contributed by atoms with Gasteiger partial charge in [0.25, 0.3) is 0 Å². The van der Waals surface area contributed by atoms with E-state index in [4.69, 9.17) is 0 Å². The molecule has 0 heterocycles. The zero-order valence-corrected chi connectivity index (χ0v) is 21.2. The molecule has 4 heteroatoms. The lowest BCUT2D eigenvalue weighted by Gasteiger charge is -2.05. The van der Waals surface area contributed by atoms with E-state index in [-0.39, 0.29) is 0 Å². The maximum atomic E-state index is 4.47. The van der Waals surface area contributed by atoms with Crippen molar-refractivity contribution in [3.8, 4) is 0 Å². The second kappa shape index (κ2) is 33.5. The maximum absolute atomic E-state index is 4.47. The van der Waals surface area contributed by atoms with Crippen molar-refractivity contribution in [2.24, 2.45) is 0 Å². The van der Waals surface area contributed by atoms with Gasteiger partial charge in [0, 0.05) is 28.4 Å². The first-order valence-electron chi connectivity index (χ1n) is 12.8. The van der Waals surface area contributed by atoms with Crippen molar-refractivity contribution in [1.29, 1.82) is 0 Å². The lowest BCUT2D eigenvalue weighted by atomic mass is 10.0. The molecule has 0 unspecified atom stereocenters. The van der Waals surface area contributed by atoms with Crippen LogP contribution in [0, 0.1) is 0 Å². The average molecular weight is 433 g/mol. The Hall–Kier alpha value is -0.160. The molecule has 0 bridgehead atoms. The zero-order valence-electron chi connectivity index (χ0n) is 21.2. The summed E-state index contributed by atoms with van der Waals surface area (Å²) in [5.41, 5.74) is 0. The Balaban J connectivity index is 0. The van der Waals surface area contributed by atoms with E-state index in [9.17, 15) is 0 Å². The van der Waals surface area contributed by atoms with Gasteiger partial charge in [-0.25, -0.2) is 0 Å². The highest BCUT2D eigenvalue weighted by Crippen LogP contribution is 2.16. The Kier molecular flexibility index (Phi) is 35.7. The smallest absolute Gasteiger partial charge is 0.145 e. The molecular weight excluding hydrogens is 376 g/mol. The summed E-state index contributed by atoms with van der Waals surface area (Å²) in [6.07, 6.45) is 30.0. The Labute approximate surface area is 189 Å². The third kappa shape index (κ3) is 35.3. The minimum Gasteiger partial charge on any atom is -0.359 e. The van der Waals surface area contributed by atoms with Crippen LogP contribution < -0.4 is 0 Å². The van der Waals surface area contributed by atoms with Crippen molar-refractivity contribution in [2.75, 3.05) is 42.0 Å². The summed E-state index contributed by atoms with van der Waals surface area (Å²) < 4.78 is 17.9. The molecule has 0 aromatic rings. The highest BCUT2D eigenvalue weighted by atomic mass is 16.7. The summed E-state index contributed by atoms with van der Waals surface area (Å²) in [4.78, 5) is 0. The van der Waals surface area contributed by atoms with E-state index in [1.54, 1.807) is 28.4 Å². The van der Waals surface area contributed by atoms with Crippen molar-refractivity contribution in [3.63, 3.8) is 0 Å². The van der Waals surface area contributed by atoms with Gasteiger partial charge in [0.1, 0.15) is 13.6 Å². The fraction of sp³-hybridized carbons (Fsp3) is 1.00. The maximum Gasteiger partial charge on any atom is 0.145 e. The van der Waals surface area contributed by atoms with Crippen LogP contribution in [0.2, 0.25) is 0 Å². The summed E-state index contributed by atoms with van der Waals surface area (Å²) in [7, 11) is 6.35. The van der Waals surface area contributed by atoms with Crippen LogP contribution in [0.3, 0.4) is 0 Å². The molecule has 2 aliphatic rings. The van der Waals surface area contributed by atoms with Gasteiger partial charge in [-0.3, -0.25) is 0 Å². The molecule has 0 saturated heterocycles. The van der Waals surface area contributed by atoms with Crippen molar-refractivity contribution >= 4 is 0 Å². The molecule has 0 aliphatic heterocycles. The van der Waals surface area contributed by atoms with Gasteiger partial charge < -0.3 is 18.9 Å². The molecule has 2 aliphatic carbocycles. The van der Waals surface area contributed by atoms with Gasteiger partial charge in [0.15, 0.2) is 0 Å². The van der Waals surface area contributed by atoms with E-state index in [0.29, 0.717) is 13.6 Å². The van der Waals surface area contributed by atoms with Gasteiger partial charge in [0.05, 0.1) is 0 Å². The highest BCUT2D eigenvalue weighted by molar-refractivity contribution is 4.52. The van der Waals surface area contributed by atoms with E-state index >= 15 is 0 Å². The van der Waals surface area contributed by atoms with Crippen molar-refractivity contribution in [3.05, 3.63) is 0 Å². The van der Waals surface area contributed by atoms with Crippen LogP contribution in [0.5, 0.6) is 0 Å². The van der Waals surface area contributed by atoms with E-state index in [1.807, 2.05) is 0 Å².